The Bertz CT molecular complexity index is 448. The molecule has 0 aromatic heterocycles. The van der Waals surface area contributed by atoms with Crippen LogP contribution in [0.15, 0.2) is 30.3 Å². The minimum Gasteiger partial charge on any atom is -0.445 e. The monoisotopic (exact) mass is 261 g/mol. The highest BCUT2D eigenvalue weighted by Gasteiger charge is 2.44. The van der Waals surface area contributed by atoms with Crippen molar-refractivity contribution < 1.29 is 14.3 Å². The SMILES string of the molecule is C[C@@H]1CC[C@H]2O[C@H]2CN1C(=O)OCc1ccccc1. The summed E-state index contributed by atoms with van der Waals surface area (Å²) in [6, 6.07) is 9.99. The predicted molar refractivity (Wildman–Crippen MR) is 70.7 cm³/mol. The van der Waals surface area contributed by atoms with Gasteiger partial charge in [-0.3, -0.25) is 0 Å². The molecular formula is C15H19NO3. The number of likely N-dealkylation sites (tertiary alicyclic amines) is 1. The van der Waals surface area contributed by atoms with Crippen molar-refractivity contribution in [3.05, 3.63) is 35.9 Å². The first kappa shape index (κ1) is 12.5. The average molecular weight is 261 g/mol. The van der Waals surface area contributed by atoms with Gasteiger partial charge in [-0.15, -0.1) is 0 Å². The molecule has 102 valence electrons. The highest BCUT2D eigenvalue weighted by molar-refractivity contribution is 5.68. The van der Waals surface area contributed by atoms with E-state index in [1.165, 1.54) is 0 Å². The van der Waals surface area contributed by atoms with Crippen molar-refractivity contribution in [1.29, 1.82) is 0 Å². The predicted octanol–water partition coefficient (Wildman–Crippen LogP) is 2.57. The van der Waals surface area contributed by atoms with Gasteiger partial charge in [-0.2, -0.15) is 0 Å². The molecule has 2 aliphatic heterocycles. The number of epoxide rings is 1. The molecule has 0 aliphatic carbocycles. The molecular weight excluding hydrogens is 242 g/mol. The van der Waals surface area contributed by atoms with Gasteiger partial charge in [-0.05, 0) is 25.3 Å². The molecule has 3 rings (SSSR count). The second kappa shape index (κ2) is 5.21. The van der Waals surface area contributed by atoms with Crippen molar-refractivity contribution in [1.82, 2.24) is 4.90 Å². The molecule has 2 saturated heterocycles. The van der Waals surface area contributed by atoms with Crippen molar-refractivity contribution in [2.45, 2.75) is 44.6 Å². The summed E-state index contributed by atoms with van der Waals surface area (Å²) in [5.74, 6) is 0. The zero-order valence-corrected chi connectivity index (χ0v) is 11.1. The molecule has 2 fully saturated rings. The van der Waals surface area contributed by atoms with Gasteiger partial charge in [-0.25, -0.2) is 4.79 Å². The van der Waals surface area contributed by atoms with Gasteiger partial charge in [-0.1, -0.05) is 30.3 Å². The highest BCUT2D eigenvalue weighted by Crippen LogP contribution is 2.32. The van der Waals surface area contributed by atoms with Crippen LogP contribution in [-0.4, -0.2) is 35.8 Å². The standard InChI is InChI=1S/C15H19NO3/c1-11-7-8-13-14(19-13)9-16(11)15(17)18-10-12-5-3-2-4-6-12/h2-6,11,13-14H,7-10H2,1H3/t11-,13-,14+/m1/s1. The third kappa shape index (κ3) is 2.89. The fraction of sp³-hybridized carbons (Fsp3) is 0.533. The van der Waals surface area contributed by atoms with Crippen LogP contribution in [0.5, 0.6) is 0 Å². The number of carbonyl (C=O) groups excluding carboxylic acids is 1. The minimum atomic E-state index is -0.229. The minimum absolute atomic E-state index is 0.229. The van der Waals surface area contributed by atoms with Gasteiger partial charge in [0, 0.05) is 6.04 Å². The number of nitrogens with zero attached hydrogens (tertiary/aromatic N) is 1. The Labute approximate surface area is 113 Å². The van der Waals surface area contributed by atoms with Crippen LogP contribution in [-0.2, 0) is 16.1 Å². The second-order valence-electron chi connectivity index (χ2n) is 5.33. The van der Waals surface area contributed by atoms with Gasteiger partial charge < -0.3 is 14.4 Å². The Balaban J connectivity index is 1.56. The topological polar surface area (TPSA) is 42.1 Å². The first-order valence-electron chi connectivity index (χ1n) is 6.87. The number of rotatable bonds is 2. The van der Waals surface area contributed by atoms with Crippen LogP contribution in [0.2, 0.25) is 0 Å². The van der Waals surface area contributed by atoms with E-state index >= 15 is 0 Å². The van der Waals surface area contributed by atoms with Crippen LogP contribution in [0.4, 0.5) is 4.79 Å². The fourth-order valence-corrected chi connectivity index (χ4v) is 2.59. The van der Waals surface area contributed by atoms with Crippen LogP contribution < -0.4 is 0 Å². The summed E-state index contributed by atoms with van der Waals surface area (Å²) >= 11 is 0. The van der Waals surface area contributed by atoms with E-state index in [1.807, 2.05) is 30.3 Å². The molecule has 3 atom stereocenters. The largest absolute Gasteiger partial charge is 0.445 e. The molecule has 0 N–H and O–H groups in total. The van der Waals surface area contributed by atoms with E-state index in [0.29, 0.717) is 19.3 Å². The summed E-state index contributed by atoms with van der Waals surface area (Å²) in [5, 5.41) is 0. The molecule has 0 saturated carbocycles. The normalized spacial score (nSPS) is 29.3. The lowest BCUT2D eigenvalue weighted by Crippen LogP contribution is -2.40. The van der Waals surface area contributed by atoms with Crippen molar-refractivity contribution in [3.8, 4) is 0 Å². The van der Waals surface area contributed by atoms with Crippen molar-refractivity contribution >= 4 is 6.09 Å². The van der Waals surface area contributed by atoms with E-state index in [0.717, 1.165) is 18.4 Å². The van der Waals surface area contributed by atoms with Gasteiger partial charge in [0.05, 0.1) is 12.6 Å². The average Bonchev–Trinajstić information content (AvgIpc) is 3.19. The smallest absolute Gasteiger partial charge is 0.410 e. The maximum Gasteiger partial charge on any atom is 0.410 e. The van der Waals surface area contributed by atoms with Gasteiger partial charge >= 0.3 is 6.09 Å². The van der Waals surface area contributed by atoms with E-state index in [9.17, 15) is 4.79 Å². The number of hydrogen-bond donors (Lipinski definition) is 0. The van der Waals surface area contributed by atoms with E-state index in [1.54, 1.807) is 4.90 Å². The van der Waals surface area contributed by atoms with E-state index in [-0.39, 0.29) is 18.2 Å². The lowest BCUT2D eigenvalue weighted by atomic mass is 10.1. The van der Waals surface area contributed by atoms with E-state index in [4.69, 9.17) is 9.47 Å². The first-order valence-corrected chi connectivity index (χ1v) is 6.87. The molecule has 0 unspecified atom stereocenters. The number of hydrogen-bond acceptors (Lipinski definition) is 3. The first-order chi connectivity index (χ1) is 9.24. The van der Waals surface area contributed by atoms with Gasteiger partial charge in [0.1, 0.15) is 12.7 Å². The van der Waals surface area contributed by atoms with E-state index in [2.05, 4.69) is 6.92 Å². The third-order valence-corrected chi connectivity index (χ3v) is 3.90. The molecule has 0 radical (unpaired) electrons. The summed E-state index contributed by atoms with van der Waals surface area (Å²) in [7, 11) is 0. The van der Waals surface area contributed by atoms with Crippen molar-refractivity contribution in [2.75, 3.05) is 6.54 Å². The lowest BCUT2D eigenvalue weighted by molar-refractivity contribution is 0.0774. The Morgan fingerprint density at radius 2 is 2.11 bits per heavy atom. The zero-order valence-electron chi connectivity index (χ0n) is 11.1. The number of carbonyl (C=O) groups is 1. The third-order valence-electron chi connectivity index (χ3n) is 3.90. The van der Waals surface area contributed by atoms with Crippen LogP contribution in [0, 0.1) is 0 Å². The van der Waals surface area contributed by atoms with Crippen LogP contribution in [0.1, 0.15) is 25.3 Å². The summed E-state index contributed by atoms with van der Waals surface area (Å²) in [4.78, 5) is 14.0. The van der Waals surface area contributed by atoms with Crippen LogP contribution in [0.3, 0.4) is 0 Å². The Morgan fingerprint density at radius 3 is 2.89 bits per heavy atom. The molecule has 19 heavy (non-hydrogen) atoms. The summed E-state index contributed by atoms with van der Waals surface area (Å²) in [6.07, 6.45) is 2.41. The Kier molecular flexibility index (Phi) is 3.42. The van der Waals surface area contributed by atoms with Crippen LogP contribution >= 0.6 is 0 Å². The molecule has 2 aliphatic rings. The second-order valence-corrected chi connectivity index (χ2v) is 5.33. The number of fused-ring (bicyclic) bond motifs is 1. The number of benzene rings is 1. The summed E-state index contributed by atoms with van der Waals surface area (Å²) in [6.45, 7) is 3.08. The van der Waals surface area contributed by atoms with Gasteiger partial charge in [0.15, 0.2) is 0 Å². The zero-order chi connectivity index (χ0) is 13.2. The lowest BCUT2D eigenvalue weighted by Gasteiger charge is -2.26. The van der Waals surface area contributed by atoms with E-state index < -0.39 is 0 Å². The van der Waals surface area contributed by atoms with Gasteiger partial charge in [0.25, 0.3) is 0 Å². The quantitative estimate of drug-likeness (QED) is 0.768. The molecule has 4 heteroatoms. The molecule has 1 amide bonds. The maximum absolute atomic E-state index is 12.1. The fourth-order valence-electron chi connectivity index (χ4n) is 2.59. The molecule has 0 spiro atoms. The van der Waals surface area contributed by atoms with Crippen molar-refractivity contribution in [3.63, 3.8) is 0 Å². The highest BCUT2D eigenvalue weighted by atomic mass is 16.6. The van der Waals surface area contributed by atoms with Crippen LogP contribution in [0.25, 0.3) is 0 Å². The van der Waals surface area contributed by atoms with Gasteiger partial charge in [0.2, 0.25) is 0 Å². The maximum atomic E-state index is 12.1. The number of ether oxygens (including phenoxy) is 2. The van der Waals surface area contributed by atoms with Crippen molar-refractivity contribution in [2.24, 2.45) is 0 Å². The molecule has 0 bridgehead atoms. The molecule has 1 aromatic carbocycles. The molecule has 4 nitrogen and oxygen atoms in total. The number of amides is 1. The summed E-state index contributed by atoms with van der Waals surface area (Å²) in [5.41, 5.74) is 1.01. The Hall–Kier alpha value is -1.55. The molecule has 2 heterocycles. The molecule has 1 aromatic rings. The summed E-state index contributed by atoms with van der Waals surface area (Å²) < 4.78 is 10.9. The Morgan fingerprint density at radius 1 is 1.32 bits per heavy atom.